The number of piperazine rings is 1. The highest BCUT2D eigenvalue weighted by molar-refractivity contribution is 5.96. The molecule has 24 heavy (non-hydrogen) atoms. The molecular formula is C20H22N2O2. The van der Waals surface area contributed by atoms with Crippen LogP contribution in [0.5, 0.6) is 0 Å². The lowest BCUT2D eigenvalue weighted by Gasteiger charge is -2.41. The van der Waals surface area contributed by atoms with Gasteiger partial charge in [-0.25, -0.2) is 0 Å². The maximum atomic E-state index is 12.7. The number of nitrogens with zero attached hydrogens (tertiary/aromatic N) is 2. The third-order valence-electron chi connectivity index (χ3n) is 4.84. The van der Waals surface area contributed by atoms with Gasteiger partial charge in [-0.15, -0.1) is 0 Å². The summed E-state index contributed by atoms with van der Waals surface area (Å²) in [6.45, 7) is 4.02. The van der Waals surface area contributed by atoms with Crippen molar-refractivity contribution >= 4 is 11.8 Å². The van der Waals surface area contributed by atoms with Gasteiger partial charge in [0, 0.05) is 13.6 Å². The summed E-state index contributed by atoms with van der Waals surface area (Å²) in [4.78, 5) is 28.3. The summed E-state index contributed by atoms with van der Waals surface area (Å²) in [6, 6.07) is 17.3. The highest BCUT2D eigenvalue weighted by Gasteiger charge is 2.39. The van der Waals surface area contributed by atoms with E-state index in [9.17, 15) is 9.59 Å². The first-order valence-corrected chi connectivity index (χ1v) is 8.21. The smallest absolute Gasteiger partial charge is 0.246 e. The molecule has 0 N–H and O–H groups in total. The monoisotopic (exact) mass is 322 g/mol. The van der Waals surface area contributed by atoms with Gasteiger partial charge in [0.05, 0.1) is 0 Å². The standard InChI is InChI=1S/C20H22N2O2/c1-14-20(24)22(15(2)19(23)21(14)3)13-17-11-7-8-12-18(17)16-9-5-4-6-10-16/h4-12,14-15H,13H2,1-3H3/t14-,15-/m0/s1. The highest BCUT2D eigenvalue weighted by Crippen LogP contribution is 2.27. The Labute approximate surface area is 142 Å². The Morgan fingerprint density at radius 1 is 0.833 bits per heavy atom. The fraction of sp³-hybridized carbons (Fsp3) is 0.300. The lowest BCUT2D eigenvalue weighted by Crippen LogP contribution is -2.61. The molecule has 2 aromatic carbocycles. The first-order chi connectivity index (χ1) is 11.5. The summed E-state index contributed by atoms with van der Waals surface area (Å²) in [6.07, 6.45) is 0. The molecule has 1 aliphatic heterocycles. The number of hydrogen-bond acceptors (Lipinski definition) is 2. The Morgan fingerprint density at radius 3 is 2.17 bits per heavy atom. The molecule has 0 radical (unpaired) electrons. The number of likely N-dealkylation sites (N-methyl/N-ethyl adjacent to an activating group) is 1. The fourth-order valence-corrected chi connectivity index (χ4v) is 3.17. The maximum absolute atomic E-state index is 12.7. The van der Waals surface area contributed by atoms with Crippen LogP contribution < -0.4 is 0 Å². The average Bonchev–Trinajstić information content (AvgIpc) is 2.63. The first kappa shape index (κ1) is 16.2. The van der Waals surface area contributed by atoms with Gasteiger partial charge in [0.15, 0.2) is 0 Å². The zero-order valence-corrected chi connectivity index (χ0v) is 14.3. The third-order valence-corrected chi connectivity index (χ3v) is 4.84. The van der Waals surface area contributed by atoms with E-state index in [1.54, 1.807) is 25.8 Å². The molecular weight excluding hydrogens is 300 g/mol. The summed E-state index contributed by atoms with van der Waals surface area (Å²) >= 11 is 0. The van der Waals surface area contributed by atoms with E-state index in [1.807, 2.05) is 36.4 Å². The predicted octanol–water partition coefficient (Wildman–Crippen LogP) is 2.93. The fourth-order valence-electron chi connectivity index (χ4n) is 3.17. The molecule has 0 unspecified atom stereocenters. The summed E-state index contributed by atoms with van der Waals surface area (Å²) < 4.78 is 0. The minimum Gasteiger partial charge on any atom is -0.332 e. The molecule has 2 amide bonds. The van der Waals surface area contributed by atoms with Gasteiger partial charge in [0.2, 0.25) is 11.8 Å². The quantitative estimate of drug-likeness (QED) is 0.872. The van der Waals surface area contributed by atoms with Gasteiger partial charge in [0.25, 0.3) is 0 Å². The summed E-state index contributed by atoms with van der Waals surface area (Å²) in [5, 5.41) is 0. The zero-order valence-electron chi connectivity index (χ0n) is 14.3. The second kappa shape index (κ2) is 6.48. The van der Waals surface area contributed by atoms with Gasteiger partial charge in [0.1, 0.15) is 12.1 Å². The first-order valence-electron chi connectivity index (χ1n) is 8.21. The van der Waals surface area contributed by atoms with Crippen LogP contribution in [0, 0.1) is 0 Å². The minimum absolute atomic E-state index is 0.00698. The lowest BCUT2D eigenvalue weighted by atomic mass is 9.98. The van der Waals surface area contributed by atoms with Crippen molar-refractivity contribution < 1.29 is 9.59 Å². The number of rotatable bonds is 3. The Bertz CT molecular complexity index is 757. The van der Waals surface area contributed by atoms with Gasteiger partial charge < -0.3 is 9.80 Å². The normalized spacial score (nSPS) is 21.3. The van der Waals surface area contributed by atoms with Crippen LogP contribution in [0.4, 0.5) is 0 Å². The molecule has 4 heteroatoms. The number of benzene rings is 2. The van der Waals surface area contributed by atoms with Crippen LogP contribution >= 0.6 is 0 Å². The van der Waals surface area contributed by atoms with E-state index in [0.29, 0.717) is 6.54 Å². The second-order valence-corrected chi connectivity index (χ2v) is 6.29. The molecule has 0 aliphatic carbocycles. The van der Waals surface area contributed by atoms with Crippen molar-refractivity contribution in [1.29, 1.82) is 0 Å². The molecule has 2 atom stereocenters. The van der Waals surface area contributed by atoms with Crippen molar-refractivity contribution in [2.75, 3.05) is 7.05 Å². The predicted molar refractivity (Wildman–Crippen MR) is 94.1 cm³/mol. The van der Waals surface area contributed by atoms with E-state index >= 15 is 0 Å². The molecule has 4 nitrogen and oxygen atoms in total. The number of carbonyl (C=O) groups excluding carboxylic acids is 2. The second-order valence-electron chi connectivity index (χ2n) is 6.29. The van der Waals surface area contributed by atoms with E-state index in [-0.39, 0.29) is 11.8 Å². The number of amides is 2. The van der Waals surface area contributed by atoms with E-state index in [0.717, 1.165) is 16.7 Å². The van der Waals surface area contributed by atoms with E-state index in [4.69, 9.17) is 0 Å². The Morgan fingerprint density at radius 2 is 1.46 bits per heavy atom. The molecule has 1 fully saturated rings. The van der Waals surface area contributed by atoms with Crippen molar-refractivity contribution in [1.82, 2.24) is 9.80 Å². The molecule has 0 aromatic heterocycles. The third kappa shape index (κ3) is 2.80. The molecule has 1 saturated heterocycles. The zero-order chi connectivity index (χ0) is 17.3. The van der Waals surface area contributed by atoms with Crippen LogP contribution in [-0.2, 0) is 16.1 Å². The summed E-state index contributed by atoms with van der Waals surface area (Å²) in [7, 11) is 1.69. The molecule has 0 bridgehead atoms. The SMILES string of the molecule is C[C@H]1C(=O)N(Cc2ccccc2-c2ccccc2)[C@@H](C)C(=O)N1C. The molecule has 124 valence electrons. The van der Waals surface area contributed by atoms with E-state index < -0.39 is 12.1 Å². The van der Waals surface area contributed by atoms with E-state index in [2.05, 4.69) is 18.2 Å². The van der Waals surface area contributed by atoms with Gasteiger partial charge in [-0.2, -0.15) is 0 Å². The number of hydrogen-bond donors (Lipinski definition) is 0. The van der Waals surface area contributed by atoms with Crippen molar-refractivity contribution in [3.8, 4) is 11.1 Å². The minimum atomic E-state index is -0.442. The van der Waals surface area contributed by atoms with Gasteiger partial charge in [-0.3, -0.25) is 9.59 Å². The van der Waals surface area contributed by atoms with Crippen LogP contribution in [0.3, 0.4) is 0 Å². The van der Waals surface area contributed by atoms with E-state index in [1.165, 1.54) is 4.90 Å². The molecule has 2 aromatic rings. The van der Waals surface area contributed by atoms with Crippen LogP contribution in [0.1, 0.15) is 19.4 Å². The molecule has 1 heterocycles. The van der Waals surface area contributed by atoms with Crippen LogP contribution in [0.2, 0.25) is 0 Å². The largest absolute Gasteiger partial charge is 0.332 e. The molecule has 0 spiro atoms. The van der Waals surface area contributed by atoms with Gasteiger partial charge in [-0.05, 0) is 30.5 Å². The summed E-state index contributed by atoms with van der Waals surface area (Å²) in [5.41, 5.74) is 3.26. The Balaban J connectivity index is 1.94. The van der Waals surface area contributed by atoms with Crippen molar-refractivity contribution in [3.05, 3.63) is 60.2 Å². The molecule has 1 aliphatic rings. The topological polar surface area (TPSA) is 40.6 Å². The van der Waals surface area contributed by atoms with Crippen LogP contribution in [0.25, 0.3) is 11.1 Å². The van der Waals surface area contributed by atoms with Crippen LogP contribution in [0.15, 0.2) is 54.6 Å². The Hall–Kier alpha value is -2.62. The van der Waals surface area contributed by atoms with Crippen LogP contribution in [-0.4, -0.2) is 40.7 Å². The van der Waals surface area contributed by atoms with Crippen molar-refractivity contribution in [2.24, 2.45) is 0 Å². The highest BCUT2D eigenvalue weighted by atomic mass is 16.2. The summed E-state index contributed by atoms with van der Waals surface area (Å²) in [5.74, 6) is -0.0215. The maximum Gasteiger partial charge on any atom is 0.246 e. The van der Waals surface area contributed by atoms with Crippen molar-refractivity contribution in [2.45, 2.75) is 32.5 Å². The Kier molecular flexibility index (Phi) is 4.38. The van der Waals surface area contributed by atoms with Gasteiger partial charge in [-0.1, -0.05) is 54.6 Å². The lowest BCUT2D eigenvalue weighted by molar-refractivity contribution is -0.159. The molecule has 3 rings (SSSR count). The average molecular weight is 322 g/mol. The van der Waals surface area contributed by atoms with Crippen molar-refractivity contribution in [3.63, 3.8) is 0 Å². The van der Waals surface area contributed by atoms with Gasteiger partial charge >= 0.3 is 0 Å². The molecule has 0 saturated carbocycles. The number of carbonyl (C=O) groups is 2.